The number of hydrogen-bond acceptors (Lipinski definition) is 7. The van der Waals surface area contributed by atoms with Gasteiger partial charge in [-0.15, -0.1) is 5.10 Å². The average Bonchev–Trinajstić information content (AvgIpc) is 3.30. The Morgan fingerprint density at radius 3 is 2.66 bits per heavy atom. The lowest BCUT2D eigenvalue weighted by atomic mass is 9.95. The minimum atomic E-state index is -2.10. The molecule has 0 saturated carbocycles. The van der Waals surface area contributed by atoms with Crippen molar-refractivity contribution in [1.82, 2.24) is 14.8 Å². The molecule has 2 atom stereocenters. The second-order valence-corrected chi connectivity index (χ2v) is 7.57. The van der Waals surface area contributed by atoms with Gasteiger partial charge in [0.1, 0.15) is 0 Å². The van der Waals surface area contributed by atoms with Crippen molar-refractivity contribution in [3.05, 3.63) is 66.6 Å². The van der Waals surface area contributed by atoms with E-state index in [1.165, 1.54) is 11.8 Å². The fourth-order valence-corrected chi connectivity index (χ4v) is 3.41. The summed E-state index contributed by atoms with van der Waals surface area (Å²) in [6, 6.07) is 12.2. The first-order valence-corrected chi connectivity index (χ1v) is 10.1. The van der Waals surface area contributed by atoms with E-state index in [-0.39, 0.29) is 13.2 Å². The van der Waals surface area contributed by atoms with Crippen LogP contribution in [-0.2, 0) is 20.9 Å². The normalized spacial score (nSPS) is 18.3. The highest BCUT2D eigenvalue weighted by atomic mass is 16.5. The number of pyridine rings is 1. The highest BCUT2D eigenvalue weighted by Gasteiger charge is 2.48. The average molecular weight is 436 g/mol. The highest BCUT2D eigenvalue weighted by Crippen LogP contribution is 2.25. The Morgan fingerprint density at radius 1 is 1.25 bits per heavy atom. The van der Waals surface area contributed by atoms with E-state index in [0.717, 1.165) is 11.3 Å². The molecule has 3 heterocycles. The Hall–Kier alpha value is -3.60. The topological polar surface area (TPSA) is 136 Å². The Bertz CT molecular complexity index is 1100. The molecule has 0 aliphatic carbocycles. The van der Waals surface area contributed by atoms with Gasteiger partial charge < -0.3 is 20.9 Å². The van der Waals surface area contributed by atoms with Crippen LogP contribution >= 0.6 is 0 Å². The standard InChI is InChI=1S/C22H24N6O4/c1-22(31,21(30)25-16-4-2-15(14-23)3-5-16)19-20(29)27(12-13-32-19)18-8-11-28(26-18)17-6-9-24-10-7-17/h2-11,19,31H,12-14,23H2,1H3,(H,25,30)/t19-,22+/m0/s1. The minimum absolute atomic E-state index is 0.146. The summed E-state index contributed by atoms with van der Waals surface area (Å²) in [5, 5.41) is 18.0. The number of nitrogens with two attached hydrogens (primary N) is 1. The molecule has 0 bridgehead atoms. The molecule has 1 fully saturated rings. The summed E-state index contributed by atoms with van der Waals surface area (Å²) in [4.78, 5) is 31.3. The Morgan fingerprint density at radius 2 is 1.97 bits per heavy atom. The van der Waals surface area contributed by atoms with Gasteiger partial charge in [0.2, 0.25) is 0 Å². The molecule has 0 radical (unpaired) electrons. The third-order valence-electron chi connectivity index (χ3n) is 5.29. The summed E-state index contributed by atoms with van der Waals surface area (Å²) in [6.45, 7) is 2.04. The van der Waals surface area contributed by atoms with Crippen molar-refractivity contribution in [2.75, 3.05) is 23.4 Å². The number of aliphatic hydroxyl groups is 1. The SMILES string of the molecule is C[C@](O)(C(=O)Nc1ccc(CN)cc1)[C@H]1OCCN(c2ccn(-c3ccncc3)n2)C1=O. The van der Waals surface area contributed by atoms with Crippen LogP contribution in [0.2, 0.25) is 0 Å². The van der Waals surface area contributed by atoms with Gasteiger partial charge in [0.25, 0.3) is 11.8 Å². The zero-order valence-corrected chi connectivity index (χ0v) is 17.5. The van der Waals surface area contributed by atoms with E-state index in [4.69, 9.17) is 10.5 Å². The van der Waals surface area contributed by atoms with Gasteiger partial charge in [0, 0.05) is 36.9 Å². The number of morpholine rings is 1. The molecule has 0 unspecified atom stereocenters. The van der Waals surface area contributed by atoms with Crippen molar-refractivity contribution >= 4 is 23.3 Å². The zero-order valence-electron chi connectivity index (χ0n) is 17.5. The van der Waals surface area contributed by atoms with Gasteiger partial charge in [-0.2, -0.15) is 0 Å². The van der Waals surface area contributed by atoms with Crippen LogP contribution in [0.5, 0.6) is 0 Å². The Kier molecular flexibility index (Phi) is 5.99. The van der Waals surface area contributed by atoms with E-state index >= 15 is 0 Å². The number of ether oxygens (including phenoxy) is 1. The zero-order chi connectivity index (χ0) is 22.7. The fraction of sp³-hybridized carbons (Fsp3) is 0.273. The quantitative estimate of drug-likeness (QED) is 0.521. The summed E-state index contributed by atoms with van der Waals surface area (Å²) in [5.74, 6) is -0.899. The predicted octanol–water partition coefficient (Wildman–Crippen LogP) is 0.847. The summed E-state index contributed by atoms with van der Waals surface area (Å²) >= 11 is 0. The van der Waals surface area contributed by atoms with Crippen molar-refractivity contribution < 1.29 is 19.4 Å². The summed E-state index contributed by atoms with van der Waals surface area (Å²) < 4.78 is 7.15. The van der Waals surface area contributed by atoms with Crippen molar-refractivity contribution in [3.8, 4) is 5.69 Å². The third kappa shape index (κ3) is 4.24. The molecule has 1 saturated heterocycles. The number of amides is 2. The van der Waals surface area contributed by atoms with E-state index in [2.05, 4.69) is 15.4 Å². The maximum absolute atomic E-state index is 13.1. The molecule has 166 valence electrons. The largest absolute Gasteiger partial charge is 0.377 e. The summed E-state index contributed by atoms with van der Waals surface area (Å²) in [5.41, 5.74) is 5.65. The lowest BCUT2D eigenvalue weighted by Crippen LogP contribution is -2.61. The van der Waals surface area contributed by atoms with Crippen LogP contribution in [0.15, 0.2) is 61.1 Å². The maximum Gasteiger partial charge on any atom is 0.260 e. The van der Waals surface area contributed by atoms with Gasteiger partial charge in [-0.25, -0.2) is 4.68 Å². The monoisotopic (exact) mass is 436 g/mol. The van der Waals surface area contributed by atoms with Crippen LogP contribution in [0.4, 0.5) is 11.5 Å². The number of carbonyl (C=O) groups excluding carboxylic acids is 2. The van der Waals surface area contributed by atoms with E-state index in [1.807, 2.05) is 0 Å². The lowest BCUT2D eigenvalue weighted by molar-refractivity contribution is -0.165. The molecule has 4 rings (SSSR count). The number of benzene rings is 1. The number of hydrogen-bond donors (Lipinski definition) is 3. The van der Waals surface area contributed by atoms with E-state index < -0.39 is 23.5 Å². The Balaban J connectivity index is 1.50. The molecule has 1 aliphatic rings. The fourth-order valence-electron chi connectivity index (χ4n) is 3.41. The smallest absolute Gasteiger partial charge is 0.260 e. The molecule has 10 heteroatoms. The van der Waals surface area contributed by atoms with E-state index in [1.54, 1.807) is 65.7 Å². The molecular formula is C22H24N6O4. The first-order chi connectivity index (χ1) is 15.4. The van der Waals surface area contributed by atoms with Gasteiger partial charge in [-0.1, -0.05) is 12.1 Å². The van der Waals surface area contributed by atoms with Crippen LogP contribution in [-0.4, -0.2) is 56.5 Å². The van der Waals surface area contributed by atoms with Crippen molar-refractivity contribution in [3.63, 3.8) is 0 Å². The van der Waals surface area contributed by atoms with Crippen molar-refractivity contribution in [2.45, 2.75) is 25.2 Å². The number of aromatic nitrogens is 3. The minimum Gasteiger partial charge on any atom is -0.377 e. The van der Waals surface area contributed by atoms with E-state index in [0.29, 0.717) is 18.1 Å². The first kappa shape index (κ1) is 21.6. The number of rotatable bonds is 6. The second kappa shape index (κ2) is 8.87. The van der Waals surface area contributed by atoms with Crippen molar-refractivity contribution in [1.29, 1.82) is 0 Å². The van der Waals surface area contributed by atoms with Gasteiger partial charge in [-0.05, 0) is 36.8 Å². The first-order valence-electron chi connectivity index (χ1n) is 10.1. The van der Waals surface area contributed by atoms with Gasteiger partial charge >= 0.3 is 0 Å². The molecule has 0 spiro atoms. The molecule has 4 N–H and O–H groups in total. The summed E-state index contributed by atoms with van der Waals surface area (Å²) in [7, 11) is 0. The predicted molar refractivity (Wildman–Crippen MR) is 117 cm³/mol. The second-order valence-electron chi connectivity index (χ2n) is 7.57. The number of nitrogens with one attached hydrogen (secondary N) is 1. The van der Waals surface area contributed by atoms with Gasteiger partial charge in [0.05, 0.1) is 18.8 Å². The van der Waals surface area contributed by atoms with Crippen LogP contribution < -0.4 is 16.0 Å². The van der Waals surface area contributed by atoms with Crippen LogP contribution in [0.3, 0.4) is 0 Å². The van der Waals surface area contributed by atoms with E-state index in [9.17, 15) is 14.7 Å². The molecule has 32 heavy (non-hydrogen) atoms. The molecule has 1 aliphatic heterocycles. The van der Waals surface area contributed by atoms with Gasteiger partial charge in [0.15, 0.2) is 17.5 Å². The maximum atomic E-state index is 13.1. The number of anilines is 2. The van der Waals surface area contributed by atoms with Gasteiger partial charge in [-0.3, -0.25) is 19.5 Å². The van der Waals surface area contributed by atoms with Crippen molar-refractivity contribution in [2.24, 2.45) is 5.73 Å². The lowest BCUT2D eigenvalue weighted by Gasteiger charge is -2.37. The molecule has 2 amide bonds. The third-order valence-corrected chi connectivity index (χ3v) is 5.29. The van der Waals surface area contributed by atoms with Crippen LogP contribution in [0.1, 0.15) is 12.5 Å². The molecule has 1 aromatic carbocycles. The Labute approximate surface area is 184 Å². The molecular weight excluding hydrogens is 412 g/mol. The summed E-state index contributed by atoms with van der Waals surface area (Å²) in [6.07, 6.45) is 3.63. The number of nitrogens with zero attached hydrogens (tertiary/aromatic N) is 4. The highest BCUT2D eigenvalue weighted by molar-refractivity contribution is 6.05. The number of carbonyl (C=O) groups is 2. The van der Waals surface area contributed by atoms with Crippen LogP contribution in [0.25, 0.3) is 5.69 Å². The van der Waals surface area contributed by atoms with Crippen LogP contribution in [0, 0.1) is 0 Å². The molecule has 3 aromatic rings. The molecule has 10 nitrogen and oxygen atoms in total. The molecule has 2 aromatic heterocycles.